The van der Waals surface area contributed by atoms with Crippen molar-refractivity contribution in [3.8, 4) is 0 Å². The van der Waals surface area contributed by atoms with E-state index in [1.807, 2.05) is 0 Å². The molecule has 0 spiro atoms. The molecule has 1 aliphatic rings. The zero-order chi connectivity index (χ0) is 14.9. The smallest absolute Gasteiger partial charge is 0.378 e. The van der Waals surface area contributed by atoms with Gasteiger partial charge in [0.1, 0.15) is 5.82 Å². The van der Waals surface area contributed by atoms with Crippen LogP contribution in [0.25, 0.3) is 0 Å². The molecular weight excluding hydrogens is 271 g/mol. The van der Waals surface area contributed by atoms with Gasteiger partial charge in [0.05, 0.1) is 11.7 Å². The Morgan fingerprint density at radius 1 is 1.40 bits per heavy atom. The lowest BCUT2D eigenvalue weighted by molar-refractivity contribution is -0.137. The van der Waals surface area contributed by atoms with Crippen LogP contribution in [0.1, 0.15) is 17.7 Å². The molecule has 2 heterocycles. The molecule has 0 amide bonds. The number of rotatable bonds is 2. The van der Waals surface area contributed by atoms with Crippen molar-refractivity contribution in [1.82, 2.24) is 4.98 Å². The fraction of sp³-hybridized carbons (Fsp3) is 0.615. The first-order valence-electron chi connectivity index (χ1n) is 6.40. The molecule has 20 heavy (non-hydrogen) atoms. The highest BCUT2D eigenvalue weighted by Crippen LogP contribution is 2.32. The van der Waals surface area contributed by atoms with Crippen LogP contribution >= 0.6 is 0 Å². The average molecular weight is 289 g/mol. The first-order valence-corrected chi connectivity index (χ1v) is 6.40. The second kappa shape index (κ2) is 5.57. The van der Waals surface area contributed by atoms with Crippen molar-refractivity contribution >= 4 is 5.82 Å². The molecule has 2 N–H and O–H groups in total. The van der Waals surface area contributed by atoms with Gasteiger partial charge in [0.15, 0.2) is 0 Å². The fourth-order valence-corrected chi connectivity index (χ4v) is 2.37. The maximum absolute atomic E-state index is 12.8. The number of pyridine rings is 1. The summed E-state index contributed by atoms with van der Waals surface area (Å²) >= 11 is 0. The van der Waals surface area contributed by atoms with Gasteiger partial charge in [0.2, 0.25) is 0 Å². The summed E-state index contributed by atoms with van der Waals surface area (Å²) in [6, 6.07) is 2.03. The molecule has 2 rings (SSSR count). The molecule has 1 aliphatic heterocycles. The van der Waals surface area contributed by atoms with Crippen LogP contribution in [-0.2, 0) is 10.9 Å². The van der Waals surface area contributed by atoms with E-state index in [1.54, 1.807) is 18.9 Å². The topological polar surface area (TPSA) is 51.4 Å². The molecule has 1 saturated heterocycles. The maximum Gasteiger partial charge on any atom is 0.416 e. The van der Waals surface area contributed by atoms with Crippen molar-refractivity contribution in [3.05, 3.63) is 23.4 Å². The maximum atomic E-state index is 12.8. The number of methoxy groups -OCH3 is 1. The van der Waals surface area contributed by atoms with Crippen molar-refractivity contribution in [2.45, 2.75) is 31.7 Å². The Hall–Kier alpha value is -1.34. The lowest BCUT2D eigenvalue weighted by Gasteiger charge is -2.37. The van der Waals surface area contributed by atoms with Gasteiger partial charge >= 0.3 is 6.18 Å². The highest BCUT2D eigenvalue weighted by molar-refractivity contribution is 5.44. The minimum absolute atomic E-state index is 0.0943. The fourth-order valence-electron chi connectivity index (χ4n) is 2.37. The van der Waals surface area contributed by atoms with E-state index in [1.165, 1.54) is 0 Å². The molecule has 112 valence electrons. The highest BCUT2D eigenvalue weighted by Gasteiger charge is 2.33. The lowest BCUT2D eigenvalue weighted by Crippen LogP contribution is -2.51. The number of hydrogen-bond acceptors (Lipinski definition) is 4. The number of hydrogen-bond donors (Lipinski definition) is 1. The van der Waals surface area contributed by atoms with E-state index in [0.29, 0.717) is 31.0 Å². The molecule has 0 saturated carbocycles. The molecule has 2 atom stereocenters. The van der Waals surface area contributed by atoms with Crippen LogP contribution in [0.2, 0.25) is 0 Å². The second-order valence-electron chi connectivity index (χ2n) is 5.03. The van der Waals surface area contributed by atoms with Crippen molar-refractivity contribution in [3.63, 3.8) is 0 Å². The molecule has 1 fully saturated rings. The summed E-state index contributed by atoms with van der Waals surface area (Å²) < 4.78 is 43.8. The highest BCUT2D eigenvalue weighted by atomic mass is 19.4. The number of aromatic nitrogens is 1. The number of aryl methyl sites for hydroxylation is 1. The minimum atomic E-state index is -4.37. The molecule has 0 aromatic carbocycles. The summed E-state index contributed by atoms with van der Waals surface area (Å²) in [4.78, 5) is 5.99. The molecule has 4 nitrogen and oxygen atoms in total. The first-order chi connectivity index (χ1) is 9.31. The Morgan fingerprint density at radius 3 is 2.70 bits per heavy atom. The molecule has 0 unspecified atom stereocenters. The third-order valence-electron chi connectivity index (χ3n) is 3.50. The van der Waals surface area contributed by atoms with Gasteiger partial charge in [-0.1, -0.05) is 0 Å². The van der Waals surface area contributed by atoms with Crippen LogP contribution in [-0.4, -0.2) is 37.3 Å². The van der Waals surface area contributed by atoms with Gasteiger partial charge in [-0.3, -0.25) is 0 Å². The van der Waals surface area contributed by atoms with Gasteiger partial charge in [-0.25, -0.2) is 4.98 Å². The van der Waals surface area contributed by atoms with Crippen LogP contribution in [0.5, 0.6) is 0 Å². The van der Waals surface area contributed by atoms with E-state index in [2.05, 4.69) is 4.98 Å². The minimum Gasteiger partial charge on any atom is -0.378 e. The van der Waals surface area contributed by atoms with Gasteiger partial charge in [-0.05, 0) is 25.5 Å². The third-order valence-corrected chi connectivity index (χ3v) is 3.50. The number of ether oxygens (including phenoxy) is 1. The number of anilines is 1. The third kappa shape index (κ3) is 3.21. The predicted octanol–water partition coefficient (Wildman–Crippen LogP) is 1.96. The summed E-state index contributed by atoms with van der Waals surface area (Å²) in [5.41, 5.74) is 5.58. The number of nitrogens with zero attached hydrogens (tertiary/aromatic N) is 2. The molecular formula is C13H18F3N3O. The quantitative estimate of drug-likeness (QED) is 0.904. The number of alkyl halides is 3. The molecule has 0 aliphatic carbocycles. The standard InChI is InChI=1S/C13H18F3N3O/c1-8-5-9(13(14,15)16)6-12(18-8)19-4-3-10(17)11(7-19)20-2/h5-6,10-11H,3-4,7,17H2,1-2H3/t10-,11+/m1/s1. The van der Waals surface area contributed by atoms with Crippen LogP contribution in [0.3, 0.4) is 0 Å². The molecule has 0 bridgehead atoms. The predicted molar refractivity (Wildman–Crippen MR) is 69.6 cm³/mol. The molecule has 1 aromatic heterocycles. The van der Waals surface area contributed by atoms with Crippen molar-refractivity contribution in [2.24, 2.45) is 5.73 Å². The lowest BCUT2D eigenvalue weighted by atomic mass is 10.0. The van der Waals surface area contributed by atoms with Crippen LogP contribution in [0.4, 0.5) is 19.0 Å². The average Bonchev–Trinajstić information content (AvgIpc) is 2.37. The Balaban J connectivity index is 2.27. The van der Waals surface area contributed by atoms with Gasteiger partial charge in [-0.2, -0.15) is 13.2 Å². The van der Waals surface area contributed by atoms with Crippen molar-refractivity contribution in [2.75, 3.05) is 25.1 Å². The second-order valence-corrected chi connectivity index (χ2v) is 5.03. The number of halogens is 3. The summed E-state index contributed by atoms with van der Waals surface area (Å²) in [6.45, 7) is 2.59. The Morgan fingerprint density at radius 2 is 2.10 bits per heavy atom. The SMILES string of the molecule is CO[C@H]1CN(c2cc(C(F)(F)F)cc(C)n2)CC[C@H]1N. The van der Waals surface area contributed by atoms with Crippen LogP contribution in [0.15, 0.2) is 12.1 Å². The normalized spacial score (nSPS) is 24.0. The molecule has 7 heteroatoms. The van der Waals surface area contributed by atoms with E-state index in [9.17, 15) is 13.2 Å². The summed E-state index contributed by atoms with van der Waals surface area (Å²) in [7, 11) is 1.55. The summed E-state index contributed by atoms with van der Waals surface area (Å²) in [5.74, 6) is 0.325. The van der Waals surface area contributed by atoms with E-state index in [-0.39, 0.29) is 12.1 Å². The van der Waals surface area contributed by atoms with Gasteiger partial charge < -0.3 is 15.4 Å². The van der Waals surface area contributed by atoms with Gasteiger partial charge in [0.25, 0.3) is 0 Å². The van der Waals surface area contributed by atoms with Crippen LogP contribution in [0, 0.1) is 6.92 Å². The summed E-state index contributed by atoms with van der Waals surface area (Å²) in [6.07, 6.45) is -3.90. The monoisotopic (exact) mass is 289 g/mol. The van der Waals surface area contributed by atoms with Crippen molar-refractivity contribution < 1.29 is 17.9 Å². The first kappa shape index (κ1) is 15.1. The van der Waals surface area contributed by atoms with E-state index in [0.717, 1.165) is 12.1 Å². The van der Waals surface area contributed by atoms with Crippen LogP contribution < -0.4 is 10.6 Å². The largest absolute Gasteiger partial charge is 0.416 e. The van der Waals surface area contributed by atoms with Gasteiger partial charge in [-0.15, -0.1) is 0 Å². The molecule has 0 radical (unpaired) electrons. The van der Waals surface area contributed by atoms with E-state index in [4.69, 9.17) is 10.5 Å². The Kier molecular flexibility index (Phi) is 4.19. The Bertz CT molecular complexity index is 478. The number of piperidine rings is 1. The zero-order valence-corrected chi connectivity index (χ0v) is 11.4. The van der Waals surface area contributed by atoms with E-state index >= 15 is 0 Å². The van der Waals surface area contributed by atoms with Gasteiger partial charge in [0, 0.05) is 31.9 Å². The zero-order valence-electron chi connectivity index (χ0n) is 11.4. The molecule has 1 aromatic rings. The Labute approximate surface area is 115 Å². The number of nitrogens with two attached hydrogens (primary N) is 1. The van der Waals surface area contributed by atoms with E-state index < -0.39 is 11.7 Å². The van der Waals surface area contributed by atoms with Crippen molar-refractivity contribution in [1.29, 1.82) is 0 Å². The summed E-state index contributed by atoms with van der Waals surface area (Å²) in [5, 5.41) is 0.